The number of pyridine rings is 1. The SMILES string of the molecule is COc1ccc2nc(N)n(C(C)c3ccco3)c2n1. The van der Waals surface area contributed by atoms with Crippen LogP contribution in [0.15, 0.2) is 34.9 Å². The number of hydrogen-bond acceptors (Lipinski definition) is 5. The van der Waals surface area contributed by atoms with Gasteiger partial charge in [0.25, 0.3) is 0 Å². The number of methoxy groups -OCH3 is 1. The fourth-order valence-electron chi connectivity index (χ4n) is 2.13. The molecule has 6 heteroatoms. The molecule has 3 aromatic heterocycles. The van der Waals surface area contributed by atoms with Crippen molar-refractivity contribution in [1.29, 1.82) is 0 Å². The Balaban J connectivity index is 2.19. The van der Waals surface area contributed by atoms with Gasteiger partial charge in [-0.3, -0.25) is 4.57 Å². The molecule has 3 heterocycles. The summed E-state index contributed by atoms with van der Waals surface area (Å²) < 4.78 is 12.4. The number of fused-ring (bicyclic) bond motifs is 1. The Bertz CT molecular complexity index is 703. The van der Waals surface area contributed by atoms with Crippen LogP contribution in [0.4, 0.5) is 5.95 Å². The average Bonchev–Trinajstić information content (AvgIpc) is 3.03. The standard InChI is InChI=1S/C13H14N4O2/c1-8(10-4-3-7-19-10)17-12-9(15-13(17)14)5-6-11(16-12)18-2/h3-8H,1-2H3,(H2,14,15). The van der Waals surface area contributed by atoms with Crippen molar-refractivity contribution in [2.75, 3.05) is 12.8 Å². The summed E-state index contributed by atoms with van der Waals surface area (Å²) in [7, 11) is 1.58. The Morgan fingerprint density at radius 3 is 2.84 bits per heavy atom. The smallest absolute Gasteiger partial charge is 0.215 e. The van der Waals surface area contributed by atoms with Crippen LogP contribution in [0.1, 0.15) is 18.7 Å². The Hall–Kier alpha value is -2.50. The van der Waals surface area contributed by atoms with Crippen molar-refractivity contribution < 1.29 is 9.15 Å². The molecule has 0 aromatic carbocycles. The number of aromatic nitrogens is 3. The molecular formula is C13H14N4O2. The minimum absolute atomic E-state index is 0.0837. The summed E-state index contributed by atoms with van der Waals surface area (Å²) in [5.41, 5.74) is 7.40. The molecule has 0 amide bonds. The number of imidazole rings is 1. The third kappa shape index (κ3) is 1.81. The molecule has 2 N–H and O–H groups in total. The maximum Gasteiger partial charge on any atom is 0.215 e. The summed E-state index contributed by atoms with van der Waals surface area (Å²) in [6.07, 6.45) is 1.63. The van der Waals surface area contributed by atoms with Gasteiger partial charge in [-0.15, -0.1) is 0 Å². The molecule has 6 nitrogen and oxygen atoms in total. The lowest BCUT2D eigenvalue weighted by molar-refractivity contribution is 0.398. The first-order chi connectivity index (χ1) is 9.20. The number of hydrogen-bond donors (Lipinski definition) is 1. The molecule has 0 aliphatic carbocycles. The highest BCUT2D eigenvalue weighted by Crippen LogP contribution is 2.27. The molecule has 0 radical (unpaired) electrons. The molecule has 0 saturated heterocycles. The zero-order valence-corrected chi connectivity index (χ0v) is 10.7. The van der Waals surface area contributed by atoms with Gasteiger partial charge in [0.2, 0.25) is 11.8 Å². The molecule has 1 atom stereocenters. The Morgan fingerprint density at radius 2 is 2.16 bits per heavy atom. The van der Waals surface area contributed by atoms with Crippen molar-refractivity contribution in [1.82, 2.24) is 14.5 Å². The number of ether oxygens (including phenoxy) is 1. The van der Waals surface area contributed by atoms with E-state index in [9.17, 15) is 0 Å². The van der Waals surface area contributed by atoms with Crippen LogP contribution >= 0.6 is 0 Å². The van der Waals surface area contributed by atoms with Crippen LogP contribution in [-0.2, 0) is 0 Å². The van der Waals surface area contributed by atoms with Crippen LogP contribution in [0.25, 0.3) is 11.2 Å². The number of nitrogens with zero attached hydrogens (tertiary/aromatic N) is 3. The summed E-state index contributed by atoms with van der Waals surface area (Å²) >= 11 is 0. The van der Waals surface area contributed by atoms with Crippen LogP contribution < -0.4 is 10.5 Å². The van der Waals surface area contributed by atoms with E-state index in [1.54, 1.807) is 19.4 Å². The van der Waals surface area contributed by atoms with Crippen molar-refractivity contribution >= 4 is 17.1 Å². The van der Waals surface area contributed by atoms with Crippen molar-refractivity contribution in [3.05, 3.63) is 36.3 Å². The molecule has 0 fully saturated rings. The summed E-state index contributed by atoms with van der Waals surface area (Å²) in [4.78, 5) is 8.70. The van der Waals surface area contributed by atoms with E-state index in [1.165, 1.54) is 0 Å². The zero-order chi connectivity index (χ0) is 13.4. The first kappa shape index (κ1) is 11.6. The third-order valence-corrected chi connectivity index (χ3v) is 3.09. The number of nitrogen functional groups attached to an aromatic ring is 1. The zero-order valence-electron chi connectivity index (χ0n) is 10.7. The molecule has 0 aliphatic heterocycles. The summed E-state index contributed by atoms with van der Waals surface area (Å²) in [6.45, 7) is 1.98. The number of nitrogens with two attached hydrogens (primary N) is 1. The molecule has 0 aliphatic rings. The Kier molecular flexibility index (Phi) is 2.63. The van der Waals surface area contributed by atoms with Crippen molar-refractivity contribution in [3.8, 4) is 5.88 Å². The fraction of sp³-hybridized carbons (Fsp3) is 0.231. The van der Waals surface area contributed by atoms with E-state index >= 15 is 0 Å². The van der Waals surface area contributed by atoms with Crippen molar-refractivity contribution in [3.63, 3.8) is 0 Å². The van der Waals surface area contributed by atoms with Gasteiger partial charge in [-0.1, -0.05) is 0 Å². The van der Waals surface area contributed by atoms with E-state index in [0.717, 1.165) is 11.3 Å². The molecular weight excluding hydrogens is 244 g/mol. The summed E-state index contributed by atoms with van der Waals surface area (Å²) in [5, 5.41) is 0. The highest BCUT2D eigenvalue weighted by Gasteiger charge is 2.19. The third-order valence-electron chi connectivity index (χ3n) is 3.09. The highest BCUT2D eigenvalue weighted by molar-refractivity contribution is 5.75. The maximum atomic E-state index is 5.98. The molecule has 1 unspecified atom stereocenters. The first-order valence-electron chi connectivity index (χ1n) is 5.92. The van der Waals surface area contributed by atoms with Crippen LogP contribution in [0.3, 0.4) is 0 Å². The molecule has 98 valence electrons. The van der Waals surface area contributed by atoms with Gasteiger partial charge < -0.3 is 14.9 Å². The normalized spacial score (nSPS) is 12.7. The van der Waals surface area contributed by atoms with Gasteiger partial charge in [0.05, 0.1) is 19.4 Å². The second-order valence-electron chi connectivity index (χ2n) is 4.23. The lowest BCUT2D eigenvalue weighted by Crippen LogP contribution is -2.10. The molecule has 0 spiro atoms. The molecule has 19 heavy (non-hydrogen) atoms. The number of rotatable bonds is 3. The van der Waals surface area contributed by atoms with E-state index in [2.05, 4.69) is 9.97 Å². The van der Waals surface area contributed by atoms with Gasteiger partial charge in [-0.2, -0.15) is 4.98 Å². The van der Waals surface area contributed by atoms with E-state index < -0.39 is 0 Å². The second-order valence-corrected chi connectivity index (χ2v) is 4.23. The lowest BCUT2D eigenvalue weighted by atomic mass is 10.2. The van der Waals surface area contributed by atoms with Gasteiger partial charge in [-0.05, 0) is 25.1 Å². The average molecular weight is 258 g/mol. The van der Waals surface area contributed by atoms with Crippen LogP contribution in [-0.4, -0.2) is 21.6 Å². The van der Waals surface area contributed by atoms with E-state index in [4.69, 9.17) is 14.9 Å². The van der Waals surface area contributed by atoms with E-state index in [1.807, 2.05) is 29.7 Å². The molecule has 0 bridgehead atoms. The van der Waals surface area contributed by atoms with Gasteiger partial charge >= 0.3 is 0 Å². The predicted molar refractivity (Wildman–Crippen MR) is 71.0 cm³/mol. The topological polar surface area (TPSA) is 79.1 Å². The molecule has 3 aromatic rings. The lowest BCUT2D eigenvalue weighted by Gasteiger charge is -2.13. The van der Waals surface area contributed by atoms with Crippen LogP contribution in [0, 0.1) is 0 Å². The Labute approximate surface area is 109 Å². The largest absolute Gasteiger partial charge is 0.481 e. The predicted octanol–water partition coefficient (Wildman–Crippen LogP) is 2.22. The van der Waals surface area contributed by atoms with Gasteiger partial charge in [-0.25, -0.2) is 4.98 Å². The maximum absolute atomic E-state index is 5.98. The van der Waals surface area contributed by atoms with Crippen molar-refractivity contribution in [2.45, 2.75) is 13.0 Å². The number of anilines is 1. The Morgan fingerprint density at radius 1 is 1.32 bits per heavy atom. The van der Waals surface area contributed by atoms with Crippen LogP contribution in [0.2, 0.25) is 0 Å². The minimum atomic E-state index is -0.0837. The summed E-state index contributed by atoms with van der Waals surface area (Å²) in [5.74, 6) is 1.73. The van der Waals surface area contributed by atoms with E-state index in [0.29, 0.717) is 17.5 Å². The molecule has 0 saturated carbocycles. The second kappa shape index (κ2) is 4.31. The van der Waals surface area contributed by atoms with Gasteiger partial charge in [0, 0.05) is 6.07 Å². The monoisotopic (exact) mass is 258 g/mol. The number of furan rings is 1. The minimum Gasteiger partial charge on any atom is -0.481 e. The quantitative estimate of drug-likeness (QED) is 0.779. The molecule has 3 rings (SSSR count). The van der Waals surface area contributed by atoms with Gasteiger partial charge in [0.1, 0.15) is 11.3 Å². The van der Waals surface area contributed by atoms with Gasteiger partial charge in [0.15, 0.2) is 5.65 Å². The van der Waals surface area contributed by atoms with Crippen molar-refractivity contribution in [2.24, 2.45) is 0 Å². The summed E-state index contributed by atoms with van der Waals surface area (Å²) in [6, 6.07) is 7.25. The first-order valence-corrected chi connectivity index (χ1v) is 5.92. The highest BCUT2D eigenvalue weighted by atomic mass is 16.5. The van der Waals surface area contributed by atoms with Crippen LogP contribution in [0.5, 0.6) is 5.88 Å². The fourth-order valence-corrected chi connectivity index (χ4v) is 2.13. The van der Waals surface area contributed by atoms with E-state index in [-0.39, 0.29) is 6.04 Å².